The zero-order valence-corrected chi connectivity index (χ0v) is 29.3. The van der Waals surface area contributed by atoms with E-state index in [1.165, 1.54) is 88.0 Å². The summed E-state index contributed by atoms with van der Waals surface area (Å²) in [7, 11) is 0. The molecule has 0 saturated carbocycles. The third kappa shape index (κ3) is 8.87. The second-order valence-corrected chi connectivity index (χ2v) is 14.8. The summed E-state index contributed by atoms with van der Waals surface area (Å²) in [4.78, 5) is 92.1. The molecule has 1 aliphatic rings. The van der Waals surface area contributed by atoms with Gasteiger partial charge in [-0.3, -0.25) is 20.2 Å². The Morgan fingerprint density at radius 1 is 0.583 bits per heavy atom. The first kappa shape index (κ1) is 39.6. The highest BCUT2D eigenvalue weighted by Gasteiger charge is 2.71. The average Bonchev–Trinajstić information content (AvgIpc) is 2.85. The minimum Gasteiger partial charge on any atom is -0.454 e. The number of aromatic nitrogens is 3. The Hall–Kier alpha value is -4.55. The molecule has 19 heteroatoms. The van der Waals surface area contributed by atoms with Crippen molar-refractivity contribution >= 4 is 29.8 Å². The van der Waals surface area contributed by atoms with Crippen LogP contribution in [-0.4, -0.2) is 97.4 Å². The van der Waals surface area contributed by atoms with Gasteiger partial charge in [0, 0.05) is 13.1 Å². The van der Waals surface area contributed by atoms with Gasteiger partial charge >= 0.3 is 35.0 Å². The van der Waals surface area contributed by atoms with E-state index >= 15 is 0 Å². The molecule has 2 heterocycles. The fraction of sp³-hybridized carbons (Fsp3) is 0.759. The highest BCUT2D eigenvalue weighted by atomic mass is 16.7. The predicted molar refractivity (Wildman–Crippen MR) is 164 cm³/mol. The number of anilines is 1. The van der Waals surface area contributed by atoms with Gasteiger partial charge in [0.25, 0.3) is 0 Å². The Balaban J connectivity index is 3.26. The molecular weight excluding hydrogens is 640 g/mol. The van der Waals surface area contributed by atoms with Crippen molar-refractivity contribution in [3.8, 4) is 0 Å². The van der Waals surface area contributed by atoms with Crippen molar-refractivity contribution in [3.63, 3.8) is 0 Å². The number of nitrogens with zero attached hydrogens (tertiary/aromatic N) is 6. The van der Waals surface area contributed by atoms with E-state index in [-0.39, 0.29) is 26.3 Å². The Bertz CT molecular complexity index is 1290. The van der Waals surface area contributed by atoms with Gasteiger partial charge in [0.05, 0.1) is 23.1 Å². The number of rotatable bonds is 9. The number of ether oxygens (including phenoxy) is 5. The Morgan fingerprint density at radius 2 is 0.854 bits per heavy atom. The van der Waals surface area contributed by atoms with Crippen LogP contribution in [0.1, 0.15) is 94.7 Å². The number of esters is 4. The third-order valence-corrected chi connectivity index (χ3v) is 5.89. The number of carbonyl (C=O) groups is 4. The van der Waals surface area contributed by atoms with Crippen LogP contribution in [0.5, 0.6) is 0 Å². The first-order valence-electron chi connectivity index (χ1n) is 14.9. The van der Waals surface area contributed by atoms with Crippen LogP contribution in [0.15, 0.2) is 0 Å². The lowest BCUT2D eigenvalue weighted by Gasteiger charge is -2.31. The maximum atomic E-state index is 13.9. The number of morpholine rings is 1. The fourth-order valence-electron chi connectivity index (χ4n) is 3.99. The molecule has 0 bridgehead atoms. The summed E-state index contributed by atoms with van der Waals surface area (Å²) in [5.41, 5.74) is -13.2. The van der Waals surface area contributed by atoms with Crippen LogP contribution in [0.2, 0.25) is 0 Å². The van der Waals surface area contributed by atoms with E-state index in [9.17, 15) is 39.4 Å². The van der Waals surface area contributed by atoms with E-state index in [0.717, 1.165) is 0 Å². The molecule has 0 radical (unpaired) electrons. The summed E-state index contributed by atoms with van der Waals surface area (Å²) in [6.45, 7) is 16.6. The lowest BCUT2D eigenvalue weighted by Crippen LogP contribution is -2.58. The van der Waals surface area contributed by atoms with E-state index in [1.54, 1.807) is 0 Å². The molecule has 48 heavy (non-hydrogen) atoms. The summed E-state index contributed by atoms with van der Waals surface area (Å²) in [6, 6.07) is 0. The molecule has 0 aliphatic carbocycles. The Labute approximate surface area is 277 Å². The smallest absolute Gasteiger partial charge is 0.454 e. The van der Waals surface area contributed by atoms with Crippen molar-refractivity contribution < 1.29 is 52.7 Å². The molecule has 1 aliphatic heterocycles. The van der Waals surface area contributed by atoms with Crippen molar-refractivity contribution in [2.24, 2.45) is 0 Å². The molecule has 2 rings (SSSR count). The van der Waals surface area contributed by atoms with Gasteiger partial charge in [-0.15, -0.1) is 0 Å². The summed E-state index contributed by atoms with van der Waals surface area (Å²) in [6.07, 6.45) is 0. The van der Waals surface area contributed by atoms with Gasteiger partial charge in [0.1, 0.15) is 22.4 Å². The van der Waals surface area contributed by atoms with E-state index in [2.05, 4.69) is 15.0 Å². The number of nitro groups is 2. The Kier molecular flexibility index (Phi) is 11.2. The summed E-state index contributed by atoms with van der Waals surface area (Å²) in [5.74, 6) is -10.5. The molecule has 0 unspecified atom stereocenters. The van der Waals surface area contributed by atoms with Gasteiger partial charge in [-0.1, -0.05) is 0 Å². The molecule has 1 saturated heterocycles. The van der Waals surface area contributed by atoms with Crippen LogP contribution in [0.3, 0.4) is 0 Å². The lowest BCUT2D eigenvalue weighted by molar-refractivity contribution is -0.555. The molecule has 1 aromatic rings. The van der Waals surface area contributed by atoms with Crippen LogP contribution in [0.25, 0.3) is 0 Å². The molecule has 0 spiro atoms. The summed E-state index contributed by atoms with van der Waals surface area (Å²) >= 11 is 0. The van der Waals surface area contributed by atoms with E-state index in [0.29, 0.717) is 0 Å². The first-order valence-corrected chi connectivity index (χ1v) is 14.9. The van der Waals surface area contributed by atoms with Crippen LogP contribution in [-0.2, 0) is 53.9 Å². The summed E-state index contributed by atoms with van der Waals surface area (Å²) < 4.78 is 26.6. The first-order chi connectivity index (χ1) is 21.6. The zero-order valence-electron chi connectivity index (χ0n) is 29.3. The van der Waals surface area contributed by atoms with Crippen LogP contribution >= 0.6 is 0 Å². The van der Waals surface area contributed by atoms with Gasteiger partial charge in [0.15, 0.2) is 0 Å². The predicted octanol–water partition coefficient (Wildman–Crippen LogP) is 2.02. The van der Waals surface area contributed by atoms with Crippen LogP contribution in [0, 0.1) is 20.2 Å². The number of hydrogen-bond donors (Lipinski definition) is 0. The van der Waals surface area contributed by atoms with Crippen molar-refractivity contribution in [1.29, 1.82) is 0 Å². The van der Waals surface area contributed by atoms with Gasteiger partial charge in [0.2, 0.25) is 17.6 Å². The average molecular weight is 685 g/mol. The highest BCUT2D eigenvalue weighted by molar-refractivity contribution is 6.05. The molecule has 1 fully saturated rings. The van der Waals surface area contributed by atoms with Gasteiger partial charge in [-0.25, -0.2) is 24.2 Å². The molecular formula is C29H44N6O13. The largest absolute Gasteiger partial charge is 0.468 e. The molecule has 0 atom stereocenters. The second-order valence-electron chi connectivity index (χ2n) is 14.8. The number of hydrogen-bond acceptors (Lipinski definition) is 17. The maximum Gasteiger partial charge on any atom is 0.468 e. The zero-order chi connectivity index (χ0) is 37.3. The van der Waals surface area contributed by atoms with E-state index < -0.39 is 84.8 Å². The topological polar surface area (TPSA) is 243 Å². The minimum atomic E-state index is -3.75. The second kappa shape index (κ2) is 13.5. The number of carbonyl (C=O) groups excluding carboxylic acids is 4. The van der Waals surface area contributed by atoms with Crippen molar-refractivity contribution in [3.05, 3.63) is 31.9 Å². The van der Waals surface area contributed by atoms with Gasteiger partial charge in [-0.05, 0) is 83.1 Å². The quantitative estimate of drug-likeness (QED) is 0.119. The fourth-order valence-corrected chi connectivity index (χ4v) is 3.99. The van der Waals surface area contributed by atoms with E-state index in [4.69, 9.17) is 23.7 Å². The SMILES string of the molecule is CC(C)(C)OC(=O)C(C(=O)OC(C)(C)C)(c1nc(N2CCOCC2)nc(C(C(=O)OC(C)(C)C)(C(=O)OC(C)(C)C)[N+](=O)[O-])n1)[N+](=O)[O-]. The molecule has 19 nitrogen and oxygen atoms in total. The molecule has 0 amide bonds. The van der Waals surface area contributed by atoms with Crippen molar-refractivity contribution in [1.82, 2.24) is 15.0 Å². The molecule has 1 aromatic heterocycles. The normalized spacial score (nSPS) is 14.9. The standard InChI is InChI=1S/C29H44N6O13/c1-24(2,3)45-19(36)28(34(40)41,20(37)46-25(4,5)6)17-30-18(32-23(31-17)33-13-15-44-16-14-33)29(35(42)43,21(38)47-26(7,8)9)22(39)48-27(10,11)12/h13-16H2,1-12H3. The van der Waals surface area contributed by atoms with Crippen LogP contribution < -0.4 is 4.90 Å². The maximum absolute atomic E-state index is 13.9. The lowest BCUT2D eigenvalue weighted by atomic mass is 9.95. The molecule has 0 aromatic carbocycles. The van der Waals surface area contributed by atoms with Crippen molar-refractivity contribution in [2.75, 3.05) is 31.2 Å². The minimum absolute atomic E-state index is 0.0115. The Morgan fingerprint density at radius 3 is 1.08 bits per heavy atom. The summed E-state index contributed by atoms with van der Waals surface area (Å²) in [5, 5.41) is 26.1. The van der Waals surface area contributed by atoms with Crippen LogP contribution in [0.4, 0.5) is 5.95 Å². The van der Waals surface area contributed by atoms with Gasteiger partial charge < -0.3 is 28.6 Å². The van der Waals surface area contributed by atoms with Gasteiger partial charge in [-0.2, -0.15) is 9.97 Å². The highest BCUT2D eigenvalue weighted by Crippen LogP contribution is 2.36. The van der Waals surface area contributed by atoms with E-state index in [1.807, 2.05) is 0 Å². The molecule has 268 valence electrons. The molecule has 0 N–H and O–H groups in total. The van der Waals surface area contributed by atoms with Crippen molar-refractivity contribution in [2.45, 2.75) is 117 Å². The third-order valence-electron chi connectivity index (χ3n) is 5.89. The monoisotopic (exact) mass is 684 g/mol.